The average Bonchev–Trinajstić information content (AvgIpc) is 3.36. The third-order valence-electron chi connectivity index (χ3n) is 6.36. The molecule has 1 fully saturated rings. The number of carboxylic acid groups (broad SMARTS) is 1. The predicted octanol–water partition coefficient (Wildman–Crippen LogP) is 4.76. The largest absolute Gasteiger partial charge is 0.481 e. The molecule has 0 radical (unpaired) electrons. The second-order valence-corrected chi connectivity index (χ2v) is 9.32. The van der Waals surface area contributed by atoms with Gasteiger partial charge >= 0.3 is 5.97 Å². The molecule has 5 rings (SSSR count). The van der Waals surface area contributed by atoms with E-state index in [-0.39, 0.29) is 24.6 Å². The number of carbonyl (C=O) groups is 1. The topological polar surface area (TPSA) is 109 Å². The van der Waals surface area contributed by atoms with Crippen LogP contribution < -0.4 is 15.6 Å². The highest BCUT2D eigenvalue weighted by Gasteiger charge is 2.24. The molecule has 3 aromatic rings. The number of benzene rings is 1. The Labute approximate surface area is 208 Å². The maximum absolute atomic E-state index is 10.9. The Morgan fingerprint density at radius 2 is 1.89 bits per heavy atom. The van der Waals surface area contributed by atoms with Gasteiger partial charge < -0.3 is 15.3 Å². The second kappa shape index (κ2) is 10.4. The van der Waals surface area contributed by atoms with Crippen LogP contribution in [0.4, 0.5) is 0 Å². The molecule has 1 aliphatic heterocycles. The molecule has 8 nitrogen and oxygen atoms in total. The molecular weight excluding hydrogens is 466 g/mol. The van der Waals surface area contributed by atoms with Gasteiger partial charge in [0.15, 0.2) is 0 Å². The lowest BCUT2D eigenvalue weighted by Crippen LogP contribution is -2.31. The SMILES string of the molecule is O=C(O)CC1CCC(Oc2ccc(-c3ccc(C4N=C(c5cccc(Cl)c5)NN4)cn3)cn2)CC1. The lowest BCUT2D eigenvalue weighted by Gasteiger charge is -2.27. The zero-order valence-electron chi connectivity index (χ0n) is 19.0. The fourth-order valence-corrected chi connectivity index (χ4v) is 4.67. The molecule has 0 amide bonds. The highest BCUT2D eigenvalue weighted by Crippen LogP contribution is 2.30. The standard InChI is InChI=1S/C26H26ClN5O3/c27-20-3-1-2-17(13-20)25-30-26(32-31-25)19-6-10-22(28-15-19)18-7-11-23(29-14-18)35-21-8-4-16(5-9-21)12-24(33)34/h1-3,6-7,10-11,13-16,21,26,32H,4-5,8-9,12H2,(H,30,31)(H,33,34). The molecule has 0 spiro atoms. The maximum Gasteiger partial charge on any atom is 0.303 e. The molecule has 9 heteroatoms. The summed E-state index contributed by atoms with van der Waals surface area (Å²) in [6.45, 7) is 0. The van der Waals surface area contributed by atoms with E-state index in [1.165, 1.54) is 0 Å². The van der Waals surface area contributed by atoms with Crippen molar-refractivity contribution in [2.75, 3.05) is 0 Å². The number of halogens is 1. The van der Waals surface area contributed by atoms with Gasteiger partial charge in [-0.25, -0.2) is 15.4 Å². The summed E-state index contributed by atoms with van der Waals surface area (Å²) in [6.07, 6.45) is 7.12. The summed E-state index contributed by atoms with van der Waals surface area (Å²) >= 11 is 6.09. The van der Waals surface area contributed by atoms with Crippen molar-refractivity contribution in [1.82, 2.24) is 20.8 Å². The van der Waals surface area contributed by atoms with Crippen LogP contribution in [0.2, 0.25) is 5.02 Å². The van der Waals surface area contributed by atoms with E-state index < -0.39 is 5.97 Å². The van der Waals surface area contributed by atoms with E-state index >= 15 is 0 Å². The molecule has 180 valence electrons. The molecular formula is C26H26ClN5O3. The van der Waals surface area contributed by atoms with Gasteiger partial charge in [-0.1, -0.05) is 29.8 Å². The Hall–Kier alpha value is -3.49. The minimum atomic E-state index is -0.723. The number of hydrogen-bond donors (Lipinski definition) is 3. The van der Waals surface area contributed by atoms with Gasteiger partial charge in [0.25, 0.3) is 0 Å². The number of nitrogens with zero attached hydrogens (tertiary/aromatic N) is 3. The van der Waals surface area contributed by atoms with Crippen molar-refractivity contribution in [2.45, 2.75) is 44.4 Å². The van der Waals surface area contributed by atoms with Crippen molar-refractivity contribution >= 4 is 23.4 Å². The Balaban J connectivity index is 1.18. The first kappa shape index (κ1) is 23.3. The van der Waals surface area contributed by atoms with Crippen molar-refractivity contribution in [3.8, 4) is 17.1 Å². The molecule has 3 heterocycles. The van der Waals surface area contributed by atoms with Crippen LogP contribution in [0.1, 0.15) is 49.4 Å². The highest BCUT2D eigenvalue weighted by atomic mass is 35.5. The normalized spacial score (nSPS) is 21.7. The Kier molecular flexibility index (Phi) is 6.92. The van der Waals surface area contributed by atoms with Gasteiger partial charge in [0.2, 0.25) is 5.88 Å². The van der Waals surface area contributed by atoms with Crippen LogP contribution >= 0.6 is 11.6 Å². The van der Waals surface area contributed by atoms with Crippen molar-refractivity contribution in [2.24, 2.45) is 10.9 Å². The molecule has 1 aromatic carbocycles. The van der Waals surface area contributed by atoms with Crippen LogP contribution in [0.3, 0.4) is 0 Å². The number of hydrazine groups is 1. The van der Waals surface area contributed by atoms with Crippen molar-refractivity contribution in [1.29, 1.82) is 0 Å². The average molecular weight is 492 g/mol. The molecule has 1 atom stereocenters. The fraction of sp³-hybridized carbons (Fsp3) is 0.308. The van der Waals surface area contributed by atoms with Gasteiger partial charge in [0.05, 0.1) is 5.69 Å². The predicted molar refractivity (Wildman–Crippen MR) is 133 cm³/mol. The molecule has 35 heavy (non-hydrogen) atoms. The van der Waals surface area contributed by atoms with Gasteiger partial charge in [-0.05, 0) is 55.9 Å². The summed E-state index contributed by atoms with van der Waals surface area (Å²) in [5, 5.41) is 9.62. The third-order valence-corrected chi connectivity index (χ3v) is 6.60. The summed E-state index contributed by atoms with van der Waals surface area (Å²) < 4.78 is 6.02. The summed E-state index contributed by atoms with van der Waals surface area (Å²) in [5.41, 5.74) is 9.83. The smallest absolute Gasteiger partial charge is 0.303 e. The van der Waals surface area contributed by atoms with Crippen LogP contribution in [0.25, 0.3) is 11.3 Å². The zero-order chi connectivity index (χ0) is 24.2. The summed E-state index contributed by atoms with van der Waals surface area (Å²) in [4.78, 5) is 24.6. The van der Waals surface area contributed by atoms with Crippen LogP contribution in [0, 0.1) is 5.92 Å². The van der Waals surface area contributed by atoms with E-state index in [2.05, 4.69) is 20.8 Å². The second-order valence-electron chi connectivity index (χ2n) is 8.88. The van der Waals surface area contributed by atoms with Crippen molar-refractivity contribution in [3.05, 3.63) is 77.1 Å². The van der Waals surface area contributed by atoms with E-state index in [4.69, 9.17) is 26.4 Å². The molecule has 1 unspecified atom stereocenters. The quantitative estimate of drug-likeness (QED) is 0.437. The van der Waals surface area contributed by atoms with Crippen molar-refractivity contribution < 1.29 is 14.6 Å². The Morgan fingerprint density at radius 3 is 2.57 bits per heavy atom. The maximum atomic E-state index is 10.9. The third kappa shape index (κ3) is 5.78. The Bertz CT molecular complexity index is 1210. The van der Waals surface area contributed by atoms with Crippen LogP contribution in [-0.4, -0.2) is 33.0 Å². The Morgan fingerprint density at radius 1 is 1.03 bits per heavy atom. The van der Waals surface area contributed by atoms with Crippen LogP contribution in [0.5, 0.6) is 5.88 Å². The first-order valence-corrected chi connectivity index (χ1v) is 12.1. The van der Waals surface area contributed by atoms with Gasteiger partial charge in [0.1, 0.15) is 18.1 Å². The van der Waals surface area contributed by atoms with Gasteiger partial charge in [-0.15, -0.1) is 0 Å². The minimum absolute atomic E-state index is 0.0840. The number of ether oxygens (including phenoxy) is 1. The van der Waals surface area contributed by atoms with Gasteiger partial charge in [-0.3, -0.25) is 9.78 Å². The first-order valence-electron chi connectivity index (χ1n) is 11.7. The minimum Gasteiger partial charge on any atom is -0.481 e. The number of amidine groups is 1. The monoisotopic (exact) mass is 491 g/mol. The first-order chi connectivity index (χ1) is 17.0. The number of aliphatic imine (C=N–C) groups is 1. The van der Waals surface area contributed by atoms with E-state index in [1.807, 2.05) is 48.5 Å². The molecule has 0 saturated heterocycles. The number of pyridine rings is 2. The number of rotatable bonds is 7. The fourth-order valence-electron chi connectivity index (χ4n) is 4.48. The lowest BCUT2D eigenvalue weighted by atomic mass is 9.85. The molecule has 2 aromatic heterocycles. The number of aliphatic carboxylic acids is 1. The number of aromatic nitrogens is 2. The molecule has 1 saturated carbocycles. The zero-order valence-corrected chi connectivity index (χ0v) is 19.8. The summed E-state index contributed by atoms with van der Waals surface area (Å²) in [5.74, 6) is 0.841. The van der Waals surface area contributed by atoms with E-state index in [0.29, 0.717) is 10.9 Å². The van der Waals surface area contributed by atoms with Crippen LogP contribution in [0.15, 0.2) is 65.9 Å². The number of hydrogen-bond acceptors (Lipinski definition) is 7. The van der Waals surface area contributed by atoms with Crippen LogP contribution in [-0.2, 0) is 4.79 Å². The van der Waals surface area contributed by atoms with E-state index in [0.717, 1.165) is 53.9 Å². The summed E-state index contributed by atoms with van der Waals surface area (Å²) in [6, 6.07) is 15.3. The number of nitrogens with one attached hydrogen (secondary N) is 2. The number of carboxylic acids is 1. The molecule has 0 bridgehead atoms. The van der Waals surface area contributed by atoms with E-state index in [1.54, 1.807) is 12.4 Å². The van der Waals surface area contributed by atoms with Gasteiger partial charge in [-0.2, -0.15) is 0 Å². The lowest BCUT2D eigenvalue weighted by molar-refractivity contribution is -0.138. The summed E-state index contributed by atoms with van der Waals surface area (Å²) in [7, 11) is 0. The van der Waals surface area contributed by atoms with E-state index in [9.17, 15) is 4.79 Å². The molecule has 2 aliphatic rings. The van der Waals surface area contributed by atoms with Crippen molar-refractivity contribution in [3.63, 3.8) is 0 Å². The molecule has 3 N–H and O–H groups in total. The van der Waals surface area contributed by atoms with Gasteiger partial charge in [0, 0.05) is 46.6 Å². The molecule has 1 aliphatic carbocycles. The highest BCUT2D eigenvalue weighted by molar-refractivity contribution is 6.31.